The maximum absolute atomic E-state index is 11.7. The van der Waals surface area contributed by atoms with Crippen LogP contribution < -0.4 is 5.32 Å². The molecule has 126 valence electrons. The second-order valence-electron chi connectivity index (χ2n) is 4.90. The van der Waals surface area contributed by atoms with Crippen LogP contribution in [0.1, 0.15) is 18.5 Å². The molecule has 1 heterocycles. The van der Waals surface area contributed by atoms with Gasteiger partial charge in [0.15, 0.2) is 0 Å². The number of benzene rings is 1. The fourth-order valence-corrected chi connectivity index (χ4v) is 2.50. The van der Waals surface area contributed by atoms with Crippen molar-refractivity contribution in [3.05, 3.63) is 51.2 Å². The van der Waals surface area contributed by atoms with Crippen molar-refractivity contribution in [3.63, 3.8) is 0 Å². The van der Waals surface area contributed by atoms with Gasteiger partial charge in [-0.25, -0.2) is 19.5 Å². The van der Waals surface area contributed by atoms with E-state index in [4.69, 9.17) is 0 Å². The van der Waals surface area contributed by atoms with Crippen molar-refractivity contribution < 1.29 is 24.7 Å². The molecule has 0 bridgehead atoms. The molecule has 10 heteroatoms. The number of carbonyl (C=O) groups is 2. The van der Waals surface area contributed by atoms with Crippen molar-refractivity contribution >= 4 is 23.7 Å². The number of rotatable bonds is 3. The molecule has 3 N–H and O–H groups in total. The van der Waals surface area contributed by atoms with Crippen LogP contribution in [0.15, 0.2) is 40.5 Å². The van der Waals surface area contributed by atoms with Gasteiger partial charge in [0, 0.05) is 19.2 Å². The summed E-state index contributed by atoms with van der Waals surface area (Å²) in [4.78, 5) is 38.3. The van der Waals surface area contributed by atoms with Crippen LogP contribution in [-0.2, 0) is 4.79 Å². The van der Waals surface area contributed by atoms with Gasteiger partial charge in [-0.3, -0.25) is 10.1 Å². The number of nitrogens with one attached hydrogen (secondary N) is 1. The number of nitrogens with zero attached hydrogens (tertiary/aromatic N) is 3. The van der Waals surface area contributed by atoms with Crippen LogP contribution in [0, 0.1) is 10.1 Å². The predicted octanol–water partition coefficient (Wildman–Crippen LogP) is 1.56. The Balaban J connectivity index is 2.71. The second-order valence-corrected chi connectivity index (χ2v) is 4.90. The molecular formula is C14H14N4O6. The normalized spacial score (nSPS) is 17.3. The van der Waals surface area contributed by atoms with E-state index in [0.29, 0.717) is 0 Å². The monoisotopic (exact) mass is 334 g/mol. The molecule has 24 heavy (non-hydrogen) atoms. The highest BCUT2D eigenvalue weighted by Gasteiger charge is 2.39. The number of guanidine groups is 1. The Morgan fingerprint density at radius 3 is 2.54 bits per heavy atom. The molecule has 0 aliphatic carbocycles. The number of amides is 1. The van der Waals surface area contributed by atoms with Crippen molar-refractivity contribution in [2.75, 3.05) is 7.05 Å². The van der Waals surface area contributed by atoms with E-state index in [1.165, 1.54) is 32.2 Å². The molecule has 1 aromatic rings. The summed E-state index contributed by atoms with van der Waals surface area (Å²) < 4.78 is 0. The zero-order valence-corrected chi connectivity index (χ0v) is 12.8. The van der Waals surface area contributed by atoms with Crippen LogP contribution in [0.4, 0.5) is 10.5 Å². The minimum atomic E-state index is -1.44. The maximum atomic E-state index is 11.7. The Morgan fingerprint density at radius 1 is 1.38 bits per heavy atom. The van der Waals surface area contributed by atoms with Crippen LogP contribution in [0.5, 0.6) is 0 Å². The number of nitro groups is 1. The fourth-order valence-electron chi connectivity index (χ4n) is 2.50. The number of nitro benzene ring substituents is 1. The Kier molecular flexibility index (Phi) is 4.49. The van der Waals surface area contributed by atoms with Crippen LogP contribution >= 0.6 is 0 Å². The molecule has 2 rings (SSSR count). The van der Waals surface area contributed by atoms with Gasteiger partial charge < -0.3 is 15.5 Å². The number of carboxylic acids is 1. The average molecular weight is 334 g/mol. The number of carboxylic acid groups (broad SMARTS) is 2. The van der Waals surface area contributed by atoms with Crippen molar-refractivity contribution in [1.29, 1.82) is 0 Å². The van der Waals surface area contributed by atoms with Crippen LogP contribution in [0.3, 0.4) is 0 Å². The molecule has 0 spiro atoms. The van der Waals surface area contributed by atoms with Gasteiger partial charge in [0.1, 0.15) is 6.04 Å². The summed E-state index contributed by atoms with van der Waals surface area (Å²) in [5.74, 6) is -1.42. The van der Waals surface area contributed by atoms with E-state index < -0.39 is 23.0 Å². The summed E-state index contributed by atoms with van der Waals surface area (Å²) in [6.07, 6.45) is -1.44. The third-order valence-electron chi connectivity index (χ3n) is 3.48. The lowest BCUT2D eigenvalue weighted by molar-refractivity contribution is -0.384. The summed E-state index contributed by atoms with van der Waals surface area (Å²) in [7, 11) is 1.44. The molecule has 1 atom stereocenters. The van der Waals surface area contributed by atoms with Gasteiger partial charge in [-0.05, 0) is 12.5 Å². The third kappa shape index (κ3) is 2.89. The van der Waals surface area contributed by atoms with Gasteiger partial charge in [-0.2, -0.15) is 0 Å². The Morgan fingerprint density at radius 2 is 2.04 bits per heavy atom. The van der Waals surface area contributed by atoms with Crippen molar-refractivity contribution in [1.82, 2.24) is 10.2 Å². The predicted molar refractivity (Wildman–Crippen MR) is 82.5 cm³/mol. The molecule has 0 radical (unpaired) electrons. The van der Waals surface area contributed by atoms with Gasteiger partial charge in [0.25, 0.3) is 5.69 Å². The lowest BCUT2D eigenvalue weighted by Crippen LogP contribution is -2.48. The number of aliphatic carboxylic acids is 1. The Labute approximate surface area is 135 Å². The van der Waals surface area contributed by atoms with E-state index in [1.807, 2.05) is 0 Å². The van der Waals surface area contributed by atoms with Gasteiger partial charge in [0.05, 0.1) is 16.2 Å². The topological polar surface area (TPSA) is 145 Å². The minimum Gasteiger partial charge on any atom is -0.478 e. The Hall–Kier alpha value is -3.43. The number of aliphatic imine (C=N–C) groups is 1. The van der Waals surface area contributed by atoms with Gasteiger partial charge in [-0.1, -0.05) is 12.1 Å². The van der Waals surface area contributed by atoms with E-state index in [1.54, 1.807) is 0 Å². The molecule has 1 unspecified atom stereocenters. The highest BCUT2D eigenvalue weighted by molar-refractivity contribution is 6.00. The quantitative estimate of drug-likeness (QED) is 0.561. The third-order valence-corrected chi connectivity index (χ3v) is 3.48. The summed E-state index contributed by atoms with van der Waals surface area (Å²) in [5.41, 5.74) is -0.266. The molecule has 1 aliphatic rings. The zero-order valence-electron chi connectivity index (χ0n) is 12.8. The SMILES string of the molecule is CNC1=NC(C)=C(C(=O)O)C(c2cccc([N+](=O)[O-])c2)N1C(=O)O. The molecule has 0 aromatic heterocycles. The molecular weight excluding hydrogens is 320 g/mol. The second kappa shape index (κ2) is 6.36. The highest BCUT2D eigenvalue weighted by atomic mass is 16.6. The molecule has 0 saturated heterocycles. The van der Waals surface area contributed by atoms with E-state index in [-0.39, 0.29) is 28.5 Å². The molecule has 1 aliphatic heterocycles. The van der Waals surface area contributed by atoms with Crippen LogP contribution in [0.2, 0.25) is 0 Å². The van der Waals surface area contributed by atoms with Crippen LogP contribution in [0.25, 0.3) is 0 Å². The smallest absolute Gasteiger partial charge is 0.415 e. The number of allylic oxidation sites excluding steroid dienone is 1. The average Bonchev–Trinajstić information content (AvgIpc) is 2.52. The molecule has 0 fully saturated rings. The van der Waals surface area contributed by atoms with Crippen molar-refractivity contribution in [2.24, 2.45) is 4.99 Å². The molecule has 1 aromatic carbocycles. The van der Waals surface area contributed by atoms with Gasteiger partial charge >= 0.3 is 12.1 Å². The molecule has 1 amide bonds. The van der Waals surface area contributed by atoms with Crippen LogP contribution in [-0.4, -0.2) is 45.1 Å². The van der Waals surface area contributed by atoms with Crippen molar-refractivity contribution in [3.8, 4) is 0 Å². The standard InChI is InChI=1S/C14H14N4O6/c1-7-10(12(19)20)11(17(14(21)22)13(15-2)16-7)8-4-3-5-9(6-8)18(23)24/h3-6,11H,1-2H3,(H,15,16)(H,19,20)(H,21,22). The Bertz CT molecular complexity index is 785. The maximum Gasteiger partial charge on any atom is 0.415 e. The minimum absolute atomic E-state index is 0.0680. The first-order chi connectivity index (χ1) is 11.3. The number of non-ortho nitro benzene ring substituents is 1. The molecule has 10 nitrogen and oxygen atoms in total. The first kappa shape index (κ1) is 16.9. The number of hydrogen-bond donors (Lipinski definition) is 3. The lowest BCUT2D eigenvalue weighted by atomic mass is 9.94. The van der Waals surface area contributed by atoms with Gasteiger partial charge in [0.2, 0.25) is 5.96 Å². The zero-order chi connectivity index (χ0) is 18.0. The largest absolute Gasteiger partial charge is 0.478 e. The van der Waals surface area contributed by atoms with Gasteiger partial charge in [-0.15, -0.1) is 0 Å². The van der Waals surface area contributed by atoms with E-state index >= 15 is 0 Å². The summed E-state index contributed by atoms with van der Waals surface area (Å²) in [5, 5.41) is 32.5. The number of hydrogen-bond acceptors (Lipinski definition) is 6. The van der Waals surface area contributed by atoms with E-state index in [0.717, 1.165) is 11.0 Å². The summed E-state index contributed by atoms with van der Waals surface area (Å²) >= 11 is 0. The first-order valence-corrected chi connectivity index (χ1v) is 6.75. The summed E-state index contributed by atoms with van der Waals surface area (Å²) in [6, 6.07) is 3.92. The molecule has 0 saturated carbocycles. The van der Waals surface area contributed by atoms with E-state index in [9.17, 15) is 29.9 Å². The first-order valence-electron chi connectivity index (χ1n) is 6.75. The van der Waals surface area contributed by atoms with E-state index in [2.05, 4.69) is 10.3 Å². The fraction of sp³-hybridized carbons (Fsp3) is 0.214. The van der Waals surface area contributed by atoms with Crippen molar-refractivity contribution in [2.45, 2.75) is 13.0 Å². The summed E-state index contributed by atoms with van der Waals surface area (Å²) in [6.45, 7) is 1.43. The lowest BCUT2D eigenvalue weighted by Gasteiger charge is -2.34. The highest BCUT2D eigenvalue weighted by Crippen LogP contribution is 2.36.